The molecule has 4 aromatic rings. The number of carbonyl (C=O) groups excluding carboxylic acids is 1. The first kappa shape index (κ1) is 27.7. The Morgan fingerprint density at radius 3 is 2.58 bits per heavy atom. The van der Waals surface area contributed by atoms with Gasteiger partial charge in [0.25, 0.3) is 5.56 Å². The first-order chi connectivity index (χ1) is 19.3. The molecule has 3 heterocycles. The van der Waals surface area contributed by atoms with Crippen LogP contribution >= 0.6 is 27.3 Å². The van der Waals surface area contributed by atoms with Crippen molar-refractivity contribution >= 4 is 39.3 Å². The van der Waals surface area contributed by atoms with Gasteiger partial charge in [0.15, 0.2) is 16.3 Å². The van der Waals surface area contributed by atoms with Crippen molar-refractivity contribution in [1.29, 1.82) is 0 Å². The molecule has 8 nitrogen and oxygen atoms in total. The Kier molecular flexibility index (Phi) is 8.09. The minimum atomic E-state index is -0.766. The van der Waals surface area contributed by atoms with Crippen LogP contribution in [0.4, 0.5) is 0 Å². The zero-order valence-electron chi connectivity index (χ0n) is 22.4. The average Bonchev–Trinajstić information content (AvgIpc) is 3.53. The zero-order valence-corrected chi connectivity index (χ0v) is 24.8. The number of carbonyl (C=O) groups is 1. The fourth-order valence-corrected chi connectivity index (χ4v) is 5.86. The number of halogens is 1. The third kappa shape index (κ3) is 5.29. The van der Waals surface area contributed by atoms with E-state index >= 15 is 0 Å². The van der Waals surface area contributed by atoms with Crippen molar-refractivity contribution in [2.24, 2.45) is 4.99 Å². The Morgan fingerprint density at radius 1 is 1.10 bits per heavy atom. The van der Waals surface area contributed by atoms with E-state index in [2.05, 4.69) is 20.9 Å². The molecule has 0 radical (unpaired) electrons. The smallest absolute Gasteiger partial charge is 0.338 e. The highest BCUT2D eigenvalue weighted by atomic mass is 79.9. The normalized spacial score (nSPS) is 15.0. The number of esters is 1. The average molecular weight is 624 g/mol. The summed E-state index contributed by atoms with van der Waals surface area (Å²) >= 11 is 4.68. The number of rotatable bonds is 8. The van der Waals surface area contributed by atoms with Crippen LogP contribution in [-0.4, -0.2) is 30.9 Å². The molecule has 0 saturated heterocycles. The molecule has 5 rings (SSSR count). The van der Waals surface area contributed by atoms with E-state index < -0.39 is 12.0 Å². The van der Waals surface area contributed by atoms with Gasteiger partial charge in [-0.1, -0.05) is 45.5 Å². The van der Waals surface area contributed by atoms with Crippen LogP contribution in [0, 0.1) is 0 Å². The van der Waals surface area contributed by atoms with E-state index in [9.17, 15) is 9.59 Å². The predicted molar refractivity (Wildman–Crippen MR) is 156 cm³/mol. The van der Waals surface area contributed by atoms with Gasteiger partial charge in [0.2, 0.25) is 0 Å². The molecule has 40 heavy (non-hydrogen) atoms. The number of nitrogens with zero attached hydrogens (tertiary/aromatic N) is 2. The van der Waals surface area contributed by atoms with E-state index in [1.807, 2.05) is 49.4 Å². The Hall–Kier alpha value is -3.89. The molecule has 206 valence electrons. The molecule has 0 amide bonds. The Bertz CT molecular complexity index is 1780. The molecular weight excluding hydrogens is 596 g/mol. The van der Waals surface area contributed by atoms with Gasteiger partial charge < -0.3 is 18.6 Å². The van der Waals surface area contributed by atoms with Crippen LogP contribution in [0.3, 0.4) is 0 Å². The van der Waals surface area contributed by atoms with Crippen molar-refractivity contribution in [2.45, 2.75) is 26.8 Å². The van der Waals surface area contributed by atoms with Crippen LogP contribution < -0.4 is 24.4 Å². The molecule has 2 aromatic heterocycles. The molecule has 0 saturated carbocycles. The van der Waals surface area contributed by atoms with Gasteiger partial charge in [0.1, 0.15) is 11.5 Å². The lowest BCUT2D eigenvalue weighted by atomic mass is 9.95. The van der Waals surface area contributed by atoms with Crippen molar-refractivity contribution in [3.05, 3.63) is 101 Å². The molecule has 0 unspecified atom stereocenters. The monoisotopic (exact) mass is 622 g/mol. The molecule has 0 N–H and O–H groups in total. The van der Waals surface area contributed by atoms with Gasteiger partial charge in [-0.25, -0.2) is 9.79 Å². The van der Waals surface area contributed by atoms with Gasteiger partial charge in [0.05, 0.1) is 42.2 Å². The molecule has 2 aromatic carbocycles. The lowest BCUT2D eigenvalue weighted by Gasteiger charge is -2.25. The van der Waals surface area contributed by atoms with Crippen molar-refractivity contribution in [3.8, 4) is 22.8 Å². The van der Waals surface area contributed by atoms with E-state index in [0.29, 0.717) is 55.8 Å². The highest BCUT2D eigenvalue weighted by Gasteiger charge is 2.34. The summed E-state index contributed by atoms with van der Waals surface area (Å²) in [5.74, 6) is 1.76. The largest absolute Gasteiger partial charge is 0.493 e. The summed E-state index contributed by atoms with van der Waals surface area (Å²) in [5.41, 5.74) is 2.08. The van der Waals surface area contributed by atoms with Crippen molar-refractivity contribution in [1.82, 2.24) is 4.57 Å². The quantitative estimate of drug-likeness (QED) is 0.250. The van der Waals surface area contributed by atoms with Gasteiger partial charge >= 0.3 is 5.97 Å². The second kappa shape index (κ2) is 11.7. The number of furan rings is 1. The molecule has 1 atom stereocenters. The molecule has 0 fully saturated rings. The minimum Gasteiger partial charge on any atom is -0.493 e. The predicted octanol–water partition coefficient (Wildman–Crippen LogP) is 5.23. The fraction of sp³-hybridized carbons (Fsp3) is 0.233. The maximum atomic E-state index is 13.9. The summed E-state index contributed by atoms with van der Waals surface area (Å²) < 4.78 is 25.6. The topological polar surface area (TPSA) is 92.3 Å². The lowest BCUT2D eigenvalue weighted by Crippen LogP contribution is -2.39. The Morgan fingerprint density at radius 2 is 1.88 bits per heavy atom. The maximum absolute atomic E-state index is 13.9. The standard InChI is InChI=1S/C30H27BrN2O6S/c1-5-37-24-15-19(9-13-23(24)36-4)27-26(29(35)38-6-2)17(3)32-30-33(27)28(34)25(40-30)16-21-12-14-22(39-21)18-7-10-20(31)11-8-18/h7-16,27H,5-6H2,1-4H3/b25-16-/t27-/m1/s1. The molecule has 10 heteroatoms. The minimum absolute atomic E-state index is 0.193. The number of hydrogen-bond donors (Lipinski definition) is 0. The number of methoxy groups -OCH3 is 1. The van der Waals surface area contributed by atoms with Crippen molar-refractivity contribution < 1.29 is 23.4 Å². The van der Waals surface area contributed by atoms with E-state index in [1.165, 1.54) is 15.9 Å². The molecule has 1 aliphatic heterocycles. The summed E-state index contributed by atoms with van der Waals surface area (Å²) in [5, 5.41) is 0. The van der Waals surface area contributed by atoms with Crippen LogP contribution in [0.5, 0.6) is 11.5 Å². The SMILES string of the molecule is CCOC(=O)C1=C(C)N=c2s/c(=C\c3ccc(-c4ccc(Br)cc4)o3)c(=O)n2[C@@H]1c1ccc(OC)c(OCC)c1. The van der Waals surface area contributed by atoms with Gasteiger partial charge in [-0.15, -0.1) is 0 Å². The second-order valence-electron chi connectivity index (χ2n) is 8.85. The number of aromatic nitrogens is 1. The molecule has 0 spiro atoms. The molecule has 0 aliphatic carbocycles. The van der Waals surface area contributed by atoms with Gasteiger partial charge in [-0.05, 0) is 62.7 Å². The van der Waals surface area contributed by atoms with Crippen LogP contribution in [0.1, 0.15) is 38.1 Å². The zero-order chi connectivity index (χ0) is 28.4. The Labute approximate surface area is 243 Å². The number of fused-ring (bicyclic) bond motifs is 1. The second-order valence-corrected chi connectivity index (χ2v) is 10.8. The highest BCUT2D eigenvalue weighted by Crippen LogP contribution is 2.36. The van der Waals surface area contributed by atoms with Gasteiger partial charge in [0, 0.05) is 16.1 Å². The van der Waals surface area contributed by atoms with E-state index in [-0.39, 0.29) is 12.2 Å². The summed E-state index contributed by atoms with van der Waals surface area (Å²) in [6.45, 7) is 5.98. The lowest BCUT2D eigenvalue weighted by molar-refractivity contribution is -0.139. The summed E-state index contributed by atoms with van der Waals surface area (Å²) in [6.07, 6.45) is 1.70. The number of hydrogen-bond acceptors (Lipinski definition) is 8. The van der Waals surface area contributed by atoms with Crippen molar-refractivity contribution in [3.63, 3.8) is 0 Å². The number of allylic oxidation sites excluding steroid dienone is 1. The van der Waals surface area contributed by atoms with E-state index in [4.69, 9.17) is 18.6 Å². The van der Waals surface area contributed by atoms with E-state index in [1.54, 1.807) is 39.2 Å². The fourth-order valence-electron chi connectivity index (χ4n) is 4.57. The number of benzene rings is 2. The van der Waals surface area contributed by atoms with Gasteiger partial charge in [-0.2, -0.15) is 0 Å². The van der Waals surface area contributed by atoms with E-state index in [0.717, 1.165) is 10.0 Å². The van der Waals surface area contributed by atoms with Gasteiger partial charge in [-0.3, -0.25) is 9.36 Å². The molecule has 1 aliphatic rings. The third-order valence-corrected chi connectivity index (χ3v) is 7.86. The maximum Gasteiger partial charge on any atom is 0.338 e. The van der Waals surface area contributed by atoms with Crippen LogP contribution in [0.15, 0.2) is 84.5 Å². The summed E-state index contributed by atoms with van der Waals surface area (Å²) in [7, 11) is 1.56. The first-order valence-corrected chi connectivity index (χ1v) is 14.3. The number of ether oxygens (including phenoxy) is 3. The number of thiazole rings is 1. The first-order valence-electron chi connectivity index (χ1n) is 12.7. The van der Waals surface area contributed by atoms with Crippen LogP contribution in [0.2, 0.25) is 0 Å². The molecular formula is C30H27BrN2O6S. The summed E-state index contributed by atoms with van der Waals surface area (Å²) in [4.78, 5) is 32.2. The van der Waals surface area contributed by atoms with Crippen molar-refractivity contribution in [2.75, 3.05) is 20.3 Å². The highest BCUT2D eigenvalue weighted by molar-refractivity contribution is 9.10. The molecule has 0 bridgehead atoms. The third-order valence-electron chi connectivity index (χ3n) is 6.35. The van der Waals surface area contributed by atoms with Crippen LogP contribution in [-0.2, 0) is 9.53 Å². The summed E-state index contributed by atoms with van der Waals surface area (Å²) in [6, 6.07) is 16.1. The van der Waals surface area contributed by atoms with Crippen LogP contribution in [0.25, 0.3) is 17.4 Å². The Balaban J connectivity index is 1.65.